The number of nitrogens with two attached hydrogens (primary N) is 1. The molecular weight excluding hydrogens is 305 g/mol. The highest BCUT2D eigenvalue weighted by Gasteiger charge is 2.19. The number of halogens is 2. The van der Waals surface area contributed by atoms with Crippen molar-refractivity contribution in [2.45, 2.75) is 37.8 Å². The van der Waals surface area contributed by atoms with Crippen LogP contribution >= 0.6 is 11.6 Å². The zero-order chi connectivity index (χ0) is 15.5. The van der Waals surface area contributed by atoms with Gasteiger partial charge in [-0.25, -0.2) is 15.0 Å². The number of anilines is 1. The van der Waals surface area contributed by atoms with Crippen molar-refractivity contribution in [2.24, 2.45) is 5.73 Å². The molecule has 116 valence electrons. The summed E-state index contributed by atoms with van der Waals surface area (Å²) in [4.78, 5) is 12.4. The zero-order valence-corrected chi connectivity index (χ0v) is 12.7. The van der Waals surface area contributed by atoms with Crippen LogP contribution in [-0.4, -0.2) is 27.0 Å². The SMILES string of the molecule is N[C@H]1CC[C@H](Nc2ncc(Cl)c(-c3cccc(F)n3)n2)CC1. The van der Waals surface area contributed by atoms with Crippen molar-refractivity contribution in [3.8, 4) is 11.4 Å². The molecule has 0 aromatic carbocycles. The average Bonchev–Trinajstić information content (AvgIpc) is 2.51. The maximum Gasteiger partial charge on any atom is 0.223 e. The molecule has 1 saturated carbocycles. The second-order valence-corrected chi connectivity index (χ2v) is 5.90. The van der Waals surface area contributed by atoms with Gasteiger partial charge in [0.15, 0.2) is 0 Å². The van der Waals surface area contributed by atoms with Crippen molar-refractivity contribution in [3.63, 3.8) is 0 Å². The fourth-order valence-corrected chi connectivity index (χ4v) is 2.79. The normalized spacial score (nSPS) is 21.6. The van der Waals surface area contributed by atoms with Crippen molar-refractivity contribution >= 4 is 17.5 Å². The number of aromatic nitrogens is 3. The summed E-state index contributed by atoms with van der Waals surface area (Å²) in [5.74, 6) is -0.0890. The Balaban J connectivity index is 1.81. The first-order chi connectivity index (χ1) is 10.6. The van der Waals surface area contributed by atoms with Gasteiger partial charge in [-0.2, -0.15) is 4.39 Å². The van der Waals surface area contributed by atoms with Crippen LogP contribution in [0.25, 0.3) is 11.4 Å². The zero-order valence-electron chi connectivity index (χ0n) is 12.0. The van der Waals surface area contributed by atoms with Crippen molar-refractivity contribution in [1.82, 2.24) is 15.0 Å². The largest absolute Gasteiger partial charge is 0.351 e. The van der Waals surface area contributed by atoms with Crippen molar-refractivity contribution in [1.29, 1.82) is 0 Å². The summed E-state index contributed by atoms with van der Waals surface area (Å²) in [6.45, 7) is 0. The van der Waals surface area contributed by atoms with Gasteiger partial charge in [-0.15, -0.1) is 0 Å². The Morgan fingerprint density at radius 2 is 1.95 bits per heavy atom. The maximum absolute atomic E-state index is 13.3. The third-order valence-electron chi connectivity index (χ3n) is 3.81. The summed E-state index contributed by atoms with van der Waals surface area (Å²) in [6.07, 6.45) is 5.46. The smallest absolute Gasteiger partial charge is 0.223 e. The molecule has 0 bridgehead atoms. The van der Waals surface area contributed by atoms with Crippen LogP contribution in [0.1, 0.15) is 25.7 Å². The molecule has 1 fully saturated rings. The number of pyridine rings is 1. The molecule has 0 unspecified atom stereocenters. The fourth-order valence-electron chi connectivity index (χ4n) is 2.60. The number of hydrogen-bond acceptors (Lipinski definition) is 5. The first-order valence-electron chi connectivity index (χ1n) is 7.29. The summed E-state index contributed by atoms with van der Waals surface area (Å²) >= 11 is 6.11. The number of nitrogens with one attached hydrogen (secondary N) is 1. The monoisotopic (exact) mass is 321 g/mol. The summed E-state index contributed by atoms with van der Waals surface area (Å²) in [6, 6.07) is 5.11. The minimum Gasteiger partial charge on any atom is -0.351 e. The van der Waals surface area contributed by atoms with Gasteiger partial charge in [0.05, 0.1) is 16.9 Å². The van der Waals surface area contributed by atoms with Crippen LogP contribution in [0.2, 0.25) is 5.02 Å². The minimum absolute atomic E-state index is 0.288. The lowest BCUT2D eigenvalue weighted by Crippen LogP contribution is -2.33. The van der Waals surface area contributed by atoms with Crippen LogP contribution < -0.4 is 11.1 Å². The molecule has 0 amide bonds. The maximum atomic E-state index is 13.3. The summed E-state index contributed by atoms with van der Waals surface area (Å²) in [5.41, 5.74) is 6.72. The molecule has 1 aliphatic carbocycles. The molecule has 3 N–H and O–H groups in total. The van der Waals surface area contributed by atoms with E-state index in [0.29, 0.717) is 28.4 Å². The Labute approximate surface area is 133 Å². The molecule has 2 aromatic rings. The molecule has 0 atom stereocenters. The van der Waals surface area contributed by atoms with E-state index in [4.69, 9.17) is 17.3 Å². The molecular formula is C15H17ClFN5. The van der Waals surface area contributed by atoms with Crippen LogP contribution in [0.15, 0.2) is 24.4 Å². The van der Waals surface area contributed by atoms with Crippen molar-refractivity contribution in [2.75, 3.05) is 5.32 Å². The lowest BCUT2D eigenvalue weighted by molar-refractivity contribution is 0.410. The van der Waals surface area contributed by atoms with Gasteiger partial charge in [0.25, 0.3) is 0 Å². The predicted molar refractivity (Wildman–Crippen MR) is 84.1 cm³/mol. The topological polar surface area (TPSA) is 76.7 Å². The van der Waals surface area contributed by atoms with E-state index in [0.717, 1.165) is 25.7 Å². The quantitative estimate of drug-likeness (QED) is 0.850. The molecule has 0 saturated heterocycles. The Bertz CT molecular complexity index is 658. The van der Waals surface area contributed by atoms with E-state index in [-0.39, 0.29) is 6.04 Å². The Morgan fingerprint density at radius 3 is 2.68 bits per heavy atom. The number of rotatable bonds is 3. The molecule has 0 aliphatic heterocycles. The summed E-state index contributed by atoms with van der Waals surface area (Å²) in [7, 11) is 0. The highest BCUT2D eigenvalue weighted by Crippen LogP contribution is 2.26. The molecule has 2 heterocycles. The van der Waals surface area contributed by atoms with Crippen molar-refractivity contribution < 1.29 is 4.39 Å². The lowest BCUT2D eigenvalue weighted by atomic mass is 9.92. The third-order valence-corrected chi connectivity index (χ3v) is 4.08. The van der Waals surface area contributed by atoms with Gasteiger partial charge < -0.3 is 11.1 Å². The van der Waals surface area contributed by atoms with E-state index in [9.17, 15) is 4.39 Å². The van der Waals surface area contributed by atoms with Gasteiger partial charge in [0, 0.05) is 12.1 Å². The minimum atomic E-state index is -0.567. The van der Waals surface area contributed by atoms with E-state index in [1.165, 1.54) is 12.3 Å². The molecule has 7 heteroatoms. The van der Waals surface area contributed by atoms with Gasteiger partial charge in [-0.1, -0.05) is 17.7 Å². The molecule has 22 heavy (non-hydrogen) atoms. The highest BCUT2D eigenvalue weighted by atomic mass is 35.5. The van der Waals surface area contributed by atoms with E-state index in [1.807, 2.05) is 0 Å². The van der Waals surface area contributed by atoms with Gasteiger partial charge in [0.1, 0.15) is 5.69 Å². The second kappa shape index (κ2) is 6.54. The Kier molecular flexibility index (Phi) is 4.49. The Morgan fingerprint density at radius 1 is 1.18 bits per heavy atom. The second-order valence-electron chi connectivity index (χ2n) is 5.49. The van der Waals surface area contributed by atoms with Crippen molar-refractivity contribution in [3.05, 3.63) is 35.4 Å². The third kappa shape index (κ3) is 3.51. The molecule has 5 nitrogen and oxygen atoms in total. The average molecular weight is 322 g/mol. The van der Waals surface area contributed by atoms with E-state index < -0.39 is 5.95 Å². The molecule has 0 spiro atoms. The van der Waals surface area contributed by atoms with Gasteiger partial charge in [-0.05, 0) is 37.8 Å². The molecule has 3 rings (SSSR count). The van der Waals surface area contributed by atoms with Crippen LogP contribution in [-0.2, 0) is 0 Å². The van der Waals surface area contributed by atoms with Crippen LogP contribution in [0.5, 0.6) is 0 Å². The number of hydrogen-bond donors (Lipinski definition) is 2. The first-order valence-corrected chi connectivity index (χ1v) is 7.67. The highest BCUT2D eigenvalue weighted by molar-refractivity contribution is 6.32. The summed E-state index contributed by atoms with van der Waals surface area (Å²) in [5, 5.41) is 3.64. The van der Waals surface area contributed by atoms with E-state index >= 15 is 0 Å². The first kappa shape index (κ1) is 15.1. The number of nitrogens with zero attached hydrogens (tertiary/aromatic N) is 3. The lowest BCUT2D eigenvalue weighted by Gasteiger charge is -2.26. The van der Waals surface area contributed by atoms with Gasteiger partial charge in [-0.3, -0.25) is 0 Å². The standard InChI is InChI=1S/C15H17ClFN5/c16-11-8-19-15(20-10-6-4-9(18)5-7-10)22-14(11)12-2-1-3-13(17)21-12/h1-3,8-10H,4-7,18H2,(H,19,20,22)/t9-,10-. The van der Waals surface area contributed by atoms with Crippen LogP contribution in [0.4, 0.5) is 10.3 Å². The predicted octanol–water partition coefficient (Wildman–Crippen LogP) is 3.01. The van der Waals surface area contributed by atoms with E-state index in [2.05, 4.69) is 20.3 Å². The molecule has 1 aliphatic rings. The fraction of sp³-hybridized carbons (Fsp3) is 0.400. The van der Waals surface area contributed by atoms with Gasteiger partial charge >= 0.3 is 0 Å². The van der Waals surface area contributed by atoms with Crippen LogP contribution in [0.3, 0.4) is 0 Å². The van der Waals surface area contributed by atoms with Crippen LogP contribution in [0, 0.1) is 5.95 Å². The summed E-state index contributed by atoms with van der Waals surface area (Å²) < 4.78 is 13.3. The Hall–Kier alpha value is -1.79. The molecule has 0 radical (unpaired) electrons. The van der Waals surface area contributed by atoms with E-state index in [1.54, 1.807) is 12.1 Å². The van der Waals surface area contributed by atoms with Gasteiger partial charge in [0.2, 0.25) is 11.9 Å². The molecule has 2 aromatic heterocycles.